The fourth-order valence-corrected chi connectivity index (χ4v) is 2.48. The van der Waals surface area contributed by atoms with Gasteiger partial charge in [-0.2, -0.15) is 5.10 Å². The lowest BCUT2D eigenvalue weighted by Crippen LogP contribution is -2.40. The Morgan fingerprint density at radius 3 is 2.62 bits per heavy atom. The van der Waals surface area contributed by atoms with Crippen molar-refractivity contribution in [3.8, 4) is 11.3 Å². The van der Waals surface area contributed by atoms with Crippen LogP contribution in [0.15, 0.2) is 53.0 Å². The van der Waals surface area contributed by atoms with E-state index in [1.54, 1.807) is 13.0 Å². The first kappa shape index (κ1) is 19.6. The number of aromatic nitrogens is 2. The van der Waals surface area contributed by atoms with Crippen molar-refractivity contribution in [2.45, 2.75) is 6.92 Å². The second-order valence-corrected chi connectivity index (χ2v) is 5.92. The molecule has 0 radical (unpaired) electrons. The summed E-state index contributed by atoms with van der Waals surface area (Å²) in [7, 11) is 1.27. The number of carbonyl (C=O) groups is 3. The van der Waals surface area contributed by atoms with Crippen molar-refractivity contribution < 1.29 is 23.5 Å². The molecule has 0 spiro atoms. The van der Waals surface area contributed by atoms with Gasteiger partial charge in [-0.05, 0) is 25.1 Å². The van der Waals surface area contributed by atoms with Crippen LogP contribution in [0, 0.1) is 6.92 Å². The van der Waals surface area contributed by atoms with Crippen LogP contribution in [0.3, 0.4) is 0 Å². The molecule has 3 N–H and O–H groups in total. The summed E-state index contributed by atoms with van der Waals surface area (Å²) in [5.74, 6) is -1.00. The van der Waals surface area contributed by atoms with E-state index >= 15 is 0 Å². The molecule has 0 atom stereocenters. The van der Waals surface area contributed by atoms with E-state index in [1.165, 1.54) is 19.3 Å². The smallest absolute Gasteiger partial charge is 0.341 e. The second kappa shape index (κ2) is 8.70. The van der Waals surface area contributed by atoms with E-state index in [-0.39, 0.29) is 11.3 Å². The molecule has 0 aliphatic heterocycles. The van der Waals surface area contributed by atoms with Gasteiger partial charge in [-0.15, -0.1) is 0 Å². The van der Waals surface area contributed by atoms with Crippen LogP contribution in [-0.2, 0) is 9.53 Å². The second-order valence-electron chi connectivity index (χ2n) is 5.92. The summed E-state index contributed by atoms with van der Waals surface area (Å²) in [6.45, 7) is 1.61. The van der Waals surface area contributed by atoms with Crippen LogP contribution in [0.2, 0.25) is 0 Å². The van der Waals surface area contributed by atoms with Crippen LogP contribution < -0.4 is 10.9 Å². The third-order valence-corrected chi connectivity index (χ3v) is 3.93. The Bertz CT molecular complexity index is 1070. The molecule has 0 aliphatic rings. The van der Waals surface area contributed by atoms with E-state index < -0.39 is 17.8 Å². The number of nitrogens with zero attached hydrogens (tertiary/aromatic N) is 1. The largest absolute Gasteiger partial charge is 0.465 e. The lowest BCUT2D eigenvalue weighted by molar-refractivity contribution is -0.117. The molecule has 0 aliphatic carbocycles. The van der Waals surface area contributed by atoms with Crippen LogP contribution >= 0.6 is 0 Å². The summed E-state index contributed by atoms with van der Waals surface area (Å²) in [6.07, 6.45) is 2.52. The Kier molecular flexibility index (Phi) is 5.88. The molecule has 9 nitrogen and oxygen atoms in total. The molecule has 2 amide bonds. The number of methoxy groups -OCH3 is 1. The van der Waals surface area contributed by atoms with Gasteiger partial charge >= 0.3 is 5.97 Å². The van der Waals surface area contributed by atoms with Crippen molar-refractivity contribution in [3.63, 3.8) is 0 Å². The van der Waals surface area contributed by atoms with Crippen molar-refractivity contribution >= 4 is 23.9 Å². The number of furan rings is 1. The number of H-pyrrole nitrogens is 1. The number of aromatic amines is 1. The zero-order valence-corrected chi connectivity index (χ0v) is 15.7. The highest BCUT2D eigenvalue weighted by molar-refractivity contribution is 5.97. The molecule has 2 heterocycles. The lowest BCUT2D eigenvalue weighted by atomic mass is 10.1. The Balaban J connectivity index is 1.55. The molecular formula is C20H18N4O5. The topological polar surface area (TPSA) is 126 Å². The maximum absolute atomic E-state index is 12.1. The first-order valence-electron chi connectivity index (χ1n) is 8.56. The first-order valence-corrected chi connectivity index (χ1v) is 8.56. The van der Waals surface area contributed by atoms with Crippen molar-refractivity contribution in [3.05, 3.63) is 71.3 Å². The van der Waals surface area contributed by atoms with Crippen molar-refractivity contribution in [1.82, 2.24) is 21.0 Å². The number of ether oxygens (including phenoxy) is 1. The maximum Gasteiger partial charge on any atom is 0.341 e. The van der Waals surface area contributed by atoms with Gasteiger partial charge in [0.05, 0.1) is 12.8 Å². The van der Waals surface area contributed by atoms with Gasteiger partial charge in [0.25, 0.3) is 11.8 Å². The minimum atomic E-state index is -0.588. The molecular weight excluding hydrogens is 376 g/mol. The van der Waals surface area contributed by atoms with E-state index in [1.807, 2.05) is 30.3 Å². The lowest BCUT2D eigenvalue weighted by Gasteiger charge is -2.02. The summed E-state index contributed by atoms with van der Waals surface area (Å²) in [5.41, 5.74) is 6.46. The predicted molar refractivity (Wildman–Crippen MR) is 103 cm³/mol. The van der Waals surface area contributed by atoms with E-state index in [0.717, 1.165) is 11.6 Å². The number of rotatable bonds is 5. The molecule has 0 bridgehead atoms. The van der Waals surface area contributed by atoms with Crippen molar-refractivity contribution in [2.24, 2.45) is 0 Å². The minimum Gasteiger partial charge on any atom is -0.465 e. The SMILES string of the molecule is COC(=O)c1cc(/C=C/C(=O)NNC(=O)c2cc(-c3ccccc3)n[nH]2)oc1C. The fourth-order valence-electron chi connectivity index (χ4n) is 2.48. The number of hydrazine groups is 1. The van der Waals surface area contributed by atoms with E-state index in [2.05, 4.69) is 25.8 Å². The van der Waals surface area contributed by atoms with Crippen LogP contribution in [0.1, 0.15) is 32.4 Å². The number of hydrogen-bond acceptors (Lipinski definition) is 6. The van der Waals surface area contributed by atoms with E-state index in [0.29, 0.717) is 17.2 Å². The molecule has 148 valence electrons. The Morgan fingerprint density at radius 1 is 1.14 bits per heavy atom. The number of hydrogen-bond donors (Lipinski definition) is 3. The standard InChI is InChI=1S/C20H18N4O5/c1-12-15(20(27)28-2)10-14(29-12)8-9-18(25)23-24-19(26)17-11-16(21-22-17)13-6-4-3-5-7-13/h3-11H,1-2H3,(H,21,22)(H,23,25)(H,24,26)/b9-8+. The fraction of sp³-hybridized carbons (Fsp3) is 0.100. The number of amides is 2. The zero-order chi connectivity index (χ0) is 20.8. The summed E-state index contributed by atoms with van der Waals surface area (Å²) < 4.78 is 9.99. The molecule has 0 saturated carbocycles. The Hall–Kier alpha value is -4.14. The van der Waals surface area contributed by atoms with Crippen molar-refractivity contribution in [2.75, 3.05) is 7.11 Å². The molecule has 9 heteroatoms. The van der Waals surface area contributed by atoms with Gasteiger partial charge in [0.2, 0.25) is 0 Å². The number of nitrogens with one attached hydrogen (secondary N) is 3. The normalized spacial score (nSPS) is 10.7. The van der Waals surface area contributed by atoms with Crippen LogP contribution in [0.25, 0.3) is 17.3 Å². The van der Waals surface area contributed by atoms with Crippen LogP contribution in [0.4, 0.5) is 0 Å². The number of esters is 1. The third-order valence-electron chi connectivity index (χ3n) is 3.93. The van der Waals surface area contributed by atoms with Gasteiger partial charge < -0.3 is 9.15 Å². The third kappa shape index (κ3) is 4.78. The van der Waals surface area contributed by atoms with Gasteiger partial charge in [0.15, 0.2) is 0 Å². The van der Waals surface area contributed by atoms with Gasteiger partial charge in [0.1, 0.15) is 22.8 Å². The molecule has 3 aromatic rings. The molecule has 2 aromatic heterocycles. The monoisotopic (exact) mass is 394 g/mol. The number of aryl methyl sites for hydroxylation is 1. The molecule has 0 fully saturated rings. The molecule has 3 rings (SSSR count). The number of benzene rings is 1. The molecule has 1 aromatic carbocycles. The van der Waals surface area contributed by atoms with E-state index in [4.69, 9.17) is 4.42 Å². The van der Waals surface area contributed by atoms with Gasteiger partial charge in [-0.1, -0.05) is 30.3 Å². The maximum atomic E-state index is 12.1. The quantitative estimate of drug-likeness (QED) is 0.346. The zero-order valence-electron chi connectivity index (χ0n) is 15.7. The van der Waals surface area contributed by atoms with Crippen molar-refractivity contribution in [1.29, 1.82) is 0 Å². The average molecular weight is 394 g/mol. The summed E-state index contributed by atoms with van der Waals surface area (Å²) in [4.78, 5) is 35.6. The molecule has 0 unspecified atom stereocenters. The van der Waals surface area contributed by atoms with Gasteiger partial charge in [0, 0.05) is 11.6 Å². The summed E-state index contributed by atoms with van der Waals surface area (Å²) in [6, 6.07) is 12.4. The minimum absolute atomic E-state index is 0.192. The van der Waals surface area contributed by atoms with Crippen LogP contribution in [-0.4, -0.2) is 35.1 Å². The highest BCUT2D eigenvalue weighted by Crippen LogP contribution is 2.17. The summed E-state index contributed by atoms with van der Waals surface area (Å²) in [5, 5.41) is 6.70. The highest BCUT2D eigenvalue weighted by atomic mass is 16.5. The first-order chi connectivity index (χ1) is 14.0. The molecule has 29 heavy (non-hydrogen) atoms. The predicted octanol–water partition coefficient (Wildman–Crippen LogP) is 2.24. The van der Waals surface area contributed by atoms with Gasteiger partial charge in [-0.3, -0.25) is 25.5 Å². The van der Waals surface area contributed by atoms with Crippen LogP contribution in [0.5, 0.6) is 0 Å². The van der Waals surface area contributed by atoms with E-state index in [9.17, 15) is 14.4 Å². The average Bonchev–Trinajstić information content (AvgIpc) is 3.37. The summed E-state index contributed by atoms with van der Waals surface area (Å²) >= 11 is 0. The Morgan fingerprint density at radius 2 is 1.90 bits per heavy atom. The highest BCUT2D eigenvalue weighted by Gasteiger charge is 2.14. The number of carbonyl (C=O) groups excluding carboxylic acids is 3. The molecule has 0 saturated heterocycles. The Labute approximate surface area is 165 Å². The van der Waals surface area contributed by atoms with Gasteiger partial charge in [-0.25, -0.2) is 4.79 Å².